The van der Waals surface area contributed by atoms with Gasteiger partial charge < -0.3 is 15.2 Å². The van der Waals surface area contributed by atoms with Crippen LogP contribution in [-0.2, 0) is 27.4 Å². The Bertz CT molecular complexity index is 1340. The van der Waals surface area contributed by atoms with Crippen molar-refractivity contribution in [2.45, 2.75) is 58.2 Å². The maximum absolute atomic E-state index is 13.4. The zero-order valence-corrected chi connectivity index (χ0v) is 21.7. The summed E-state index contributed by atoms with van der Waals surface area (Å²) in [5.74, 6) is -1.42. The number of carbonyl (C=O) groups is 2. The molecule has 2 aromatic heterocycles. The summed E-state index contributed by atoms with van der Waals surface area (Å²) in [5, 5.41) is -0.339. The van der Waals surface area contributed by atoms with Crippen molar-refractivity contribution in [3.63, 3.8) is 0 Å². The molecule has 1 amide bonds. The Morgan fingerprint density at radius 3 is 2.37 bits per heavy atom. The van der Waals surface area contributed by atoms with E-state index in [1.54, 1.807) is 13.8 Å². The topological polar surface area (TPSA) is 123 Å². The zero-order valence-electron chi connectivity index (χ0n) is 20.0. The first kappa shape index (κ1) is 26.7. The highest BCUT2D eigenvalue weighted by molar-refractivity contribution is 7.81. The number of nitrogens with two attached hydrogens (primary N) is 1. The molecule has 2 atom stereocenters. The van der Waals surface area contributed by atoms with E-state index in [-0.39, 0.29) is 29.5 Å². The number of esters is 1. The number of fused-ring (bicyclic) bond motifs is 1. The molecule has 11 heteroatoms. The number of benzene rings is 1. The molecule has 1 aromatic carbocycles. The van der Waals surface area contributed by atoms with Gasteiger partial charge in [-0.15, -0.1) is 11.3 Å². The number of thiol groups is 1. The molecule has 0 fully saturated rings. The molecule has 2 unspecified atom stereocenters. The van der Waals surface area contributed by atoms with Gasteiger partial charge in [0.2, 0.25) is 5.91 Å². The summed E-state index contributed by atoms with van der Waals surface area (Å²) >= 11 is 5.78. The monoisotopic (exact) mass is 519 g/mol. The van der Waals surface area contributed by atoms with Gasteiger partial charge in [-0.3, -0.25) is 18.7 Å². The number of ether oxygens (including phenoxy) is 2. The highest BCUT2D eigenvalue weighted by atomic mass is 32.1. The van der Waals surface area contributed by atoms with Crippen molar-refractivity contribution in [1.29, 1.82) is 0 Å². The van der Waals surface area contributed by atoms with Crippen molar-refractivity contribution in [2.24, 2.45) is 5.73 Å². The lowest BCUT2D eigenvalue weighted by atomic mass is 10.1. The molecule has 0 aliphatic heterocycles. The number of nitrogens with zero attached hydrogens (tertiary/aromatic N) is 2. The van der Waals surface area contributed by atoms with E-state index in [4.69, 9.17) is 27.8 Å². The van der Waals surface area contributed by atoms with Gasteiger partial charge in [-0.2, -0.15) is 12.6 Å². The van der Waals surface area contributed by atoms with Gasteiger partial charge in [0.25, 0.3) is 5.56 Å². The number of aromatic nitrogens is 2. The van der Waals surface area contributed by atoms with Crippen LogP contribution < -0.4 is 17.0 Å². The second-order valence-electron chi connectivity index (χ2n) is 8.29. The molecule has 3 aromatic rings. The lowest BCUT2D eigenvalue weighted by Crippen LogP contribution is -2.44. The molecule has 0 bridgehead atoms. The van der Waals surface area contributed by atoms with Crippen LogP contribution in [0.1, 0.15) is 47.7 Å². The standard InChI is InChI=1S/C24H29N3O6S2/c1-5-32-23(30)20-14(4)18-21(29)26(12-17(25)28)24(31)27(22(18)35-20)11-16(34)19(33-13(2)3)15-9-7-6-8-10-15/h6-10,13,16,19,34H,5,11-12H2,1-4H3,(H2,25,28). The van der Waals surface area contributed by atoms with E-state index in [0.717, 1.165) is 21.5 Å². The highest BCUT2D eigenvalue weighted by Crippen LogP contribution is 2.31. The van der Waals surface area contributed by atoms with E-state index < -0.39 is 41.0 Å². The van der Waals surface area contributed by atoms with Crippen LogP contribution in [0.5, 0.6) is 0 Å². The van der Waals surface area contributed by atoms with E-state index in [1.165, 1.54) is 4.57 Å². The van der Waals surface area contributed by atoms with Gasteiger partial charge in [-0.25, -0.2) is 9.59 Å². The number of hydrogen-bond acceptors (Lipinski definition) is 8. The number of carbonyl (C=O) groups excluding carboxylic acids is 2. The van der Waals surface area contributed by atoms with Gasteiger partial charge in [0.15, 0.2) is 0 Å². The Labute approximate surface area is 211 Å². The molecule has 0 spiro atoms. The fourth-order valence-electron chi connectivity index (χ4n) is 3.85. The third kappa shape index (κ3) is 5.68. The number of primary amides is 1. The summed E-state index contributed by atoms with van der Waals surface area (Å²) in [5.41, 5.74) is 5.18. The van der Waals surface area contributed by atoms with Crippen molar-refractivity contribution >= 4 is 46.1 Å². The fourth-order valence-corrected chi connectivity index (χ4v) is 5.45. The number of hydrogen-bond donors (Lipinski definition) is 2. The maximum Gasteiger partial charge on any atom is 0.348 e. The minimum absolute atomic E-state index is 0.0476. The summed E-state index contributed by atoms with van der Waals surface area (Å²) < 4.78 is 13.4. The Kier molecular flexibility index (Phi) is 8.57. The second-order valence-corrected chi connectivity index (χ2v) is 9.95. The van der Waals surface area contributed by atoms with Crippen molar-refractivity contribution in [3.05, 3.63) is 67.2 Å². The van der Waals surface area contributed by atoms with E-state index in [1.807, 2.05) is 44.2 Å². The fraction of sp³-hybridized carbons (Fsp3) is 0.417. The van der Waals surface area contributed by atoms with Crippen LogP contribution in [0.3, 0.4) is 0 Å². The van der Waals surface area contributed by atoms with Crippen molar-refractivity contribution < 1.29 is 19.1 Å². The molecular formula is C24H29N3O6S2. The molecule has 35 heavy (non-hydrogen) atoms. The Morgan fingerprint density at radius 2 is 1.80 bits per heavy atom. The molecule has 9 nitrogen and oxygen atoms in total. The molecule has 188 valence electrons. The quantitative estimate of drug-likeness (QED) is 0.314. The predicted molar refractivity (Wildman–Crippen MR) is 138 cm³/mol. The first-order valence-corrected chi connectivity index (χ1v) is 12.5. The van der Waals surface area contributed by atoms with E-state index >= 15 is 0 Å². The smallest absolute Gasteiger partial charge is 0.348 e. The summed E-state index contributed by atoms with van der Waals surface area (Å²) in [7, 11) is 0. The number of thiophene rings is 1. The first-order valence-electron chi connectivity index (χ1n) is 11.2. The summed E-state index contributed by atoms with van der Waals surface area (Å²) in [6.45, 7) is 6.73. The molecule has 0 saturated carbocycles. The average molecular weight is 520 g/mol. The van der Waals surface area contributed by atoms with Gasteiger partial charge in [0, 0.05) is 6.54 Å². The van der Waals surface area contributed by atoms with Gasteiger partial charge >= 0.3 is 11.7 Å². The number of aryl methyl sites for hydroxylation is 1. The predicted octanol–water partition coefficient (Wildman–Crippen LogP) is 2.66. The van der Waals surface area contributed by atoms with Gasteiger partial charge in [-0.05, 0) is 38.8 Å². The normalized spacial score (nSPS) is 13.2. The van der Waals surface area contributed by atoms with Crippen molar-refractivity contribution in [2.75, 3.05) is 6.61 Å². The van der Waals surface area contributed by atoms with Crippen LogP contribution in [0.15, 0.2) is 39.9 Å². The van der Waals surface area contributed by atoms with Crippen LogP contribution in [0.4, 0.5) is 0 Å². The van der Waals surface area contributed by atoms with Crippen molar-refractivity contribution in [1.82, 2.24) is 9.13 Å². The molecule has 0 aliphatic rings. The minimum Gasteiger partial charge on any atom is -0.462 e. The SMILES string of the molecule is CCOC(=O)c1sc2c(c1C)c(=O)n(CC(N)=O)c(=O)n2CC(S)C(OC(C)C)c1ccccc1. The van der Waals surface area contributed by atoms with E-state index in [0.29, 0.717) is 10.4 Å². The van der Waals surface area contributed by atoms with Crippen LogP contribution in [0.2, 0.25) is 0 Å². The van der Waals surface area contributed by atoms with Gasteiger partial charge in [-0.1, -0.05) is 30.3 Å². The van der Waals surface area contributed by atoms with E-state index in [9.17, 15) is 19.2 Å². The maximum atomic E-state index is 13.4. The molecule has 0 aliphatic carbocycles. The lowest BCUT2D eigenvalue weighted by Gasteiger charge is -2.27. The van der Waals surface area contributed by atoms with E-state index in [2.05, 4.69) is 0 Å². The molecule has 3 rings (SSSR count). The Balaban J connectivity index is 2.21. The number of rotatable bonds is 10. The third-order valence-corrected chi connectivity index (χ3v) is 7.06. The van der Waals surface area contributed by atoms with Crippen molar-refractivity contribution in [3.8, 4) is 0 Å². The van der Waals surface area contributed by atoms with Gasteiger partial charge in [0.1, 0.15) is 16.3 Å². The molecule has 0 saturated heterocycles. The third-order valence-electron chi connectivity index (χ3n) is 5.33. The van der Waals surface area contributed by atoms with Crippen LogP contribution in [-0.4, -0.2) is 39.0 Å². The molecule has 2 heterocycles. The summed E-state index contributed by atoms with van der Waals surface area (Å²) in [4.78, 5) is 51.3. The molecular weight excluding hydrogens is 490 g/mol. The minimum atomic E-state index is -0.832. The van der Waals surface area contributed by atoms with Crippen LogP contribution in [0, 0.1) is 6.92 Å². The lowest BCUT2D eigenvalue weighted by molar-refractivity contribution is -0.118. The van der Waals surface area contributed by atoms with Crippen LogP contribution in [0.25, 0.3) is 10.2 Å². The summed E-state index contributed by atoms with van der Waals surface area (Å²) in [6.07, 6.45) is -0.585. The largest absolute Gasteiger partial charge is 0.462 e. The number of amides is 1. The highest BCUT2D eigenvalue weighted by Gasteiger charge is 2.28. The molecule has 2 N–H and O–H groups in total. The zero-order chi connectivity index (χ0) is 25.9. The van der Waals surface area contributed by atoms with Crippen LogP contribution >= 0.6 is 24.0 Å². The first-order chi connectivity index (χ1) is 16.6. The van der Waals surface area contributed by atoms with Gasteiger partial charge in [0.05, 0.1) is 29.5 Å². The average Bonchev–Trinajstić information content (AvgIpc) is 3.15. The summed E-state index contributed by atoms with van der Waals surface area (Å²) in [6, 6.07) is 9.49. The Hall–Kier alpha value is -2.89. The second kappa shape index (κ2) is 11.2. The molecule has 0 radical (unpaired) electrons. The Morgan fingerprint density at radius 1 is 1.14 bits per heavy atom.